The van der Waals surface area contributed by atoms with Crippen LogP contribution >= 0.6 is 0 Å². The van der Waals surface area contributed by atoms with E-state index in [2.05, 4.69) is 237 Å². The van der Waals surface area contributed by atoms with Crippen LogP contribution in [0.3, 0.4) is 0 Å². The van der Waals surface area contributed by atoms with E-state index in [1.54, 1.807) is 0 Å². The van der Waals surface area contributed by atoms with Gasteiger partial charge in [-0.05, 0) is 46.5 Å². The Balaban J connectivity index is 1.21. The molecule has 0 aliphatic carbocycles. The lowest BCUT2D eigenvalue weighted by molar-refractivity contribution is 0.221. The normalized spacial score (nSPS) is 14.8. The molecule has 4 heteroatoms. The zero-order chi connectivity index (χ0) is 40.9. The Morgan fingerprint density at radius 3 is 0.683 bits per heavy atom. The van der Waals surface area contributed by atoms with Gasteiger partial charge < -0.3 is 0 Å². The summed E-state index contributed by atoms with van der Waals surface area (Å²) in [6, 6.07) is 59.3. The Bertz CT molecular complexity index is 2130. The maximum Gasteiger partial charge on any atom is 0.0608 e. The predicted molar refractivity (Wildman–Crippen MR) is 247 cm³/mol. The van der Waals surface area contributed by atoms with Gasteiger partial charge in [-0.25, -0.2) is 0 Å². The highest BCUT2D eigenvalue weighted by atomic mass is 15.2. The van der Waals surface area contributed by atoms with Crippen molar-refractivity contribution in [3.63, 3.8) is 0 Å². The van der Waals surface area contributed by atoms with Crippen molar-refractivity contribution in [3.8, 4) is 47.4 Å². The minimum Gasteiger partial charge on any atom is -0.287 e. The molecule has 6 aromatic rings. The summed E-state index contributed by atoms with van der Waals surface area (Å²) in [6.07, 6.45) is 0. The molecule has 1 aliphatic rings. The molecule has 0 bridgehead atoms. The first-order valence-corrected chi connectivity index (χ1v) is 20.9. The van der Waals surface area contributed by atoms with E-state index in [4.69, 9.17) is 0 Å². The number of rotatable bonds is 8. The summed E-state index contributed by atoms with van der Waals surface area (Å²) in [5.74, 6) is 28.2. The van der Waals surface area contributed by atoms with Crippen LogP contribution in [-0.4, -0.2) is 72.0 Å². The highest BCUT2D eigenvalue weighted by Gasteiger charge is 2.12. The average Bonchev–Trinajstić information content (AvgIpc) is 3.29. The van der Waals surface area contributed by atoms with E-state index < -0.39 is 0 Å². The summed E-state index contributed by atoms with van der Waals surface area (Å²) in [7, 11) is 0. The fourth-order valence-corrected chi connectivity index (χ4v) is 7.18. The molecule has 0 N–H and O–H groups in total. The van der Waals surface area contributed by atoms with E-state index in [-0.39, 0.29) is 0 Å². The number of hydrogen-bond acceptors (Lipinski definition) is 4. The highest BCUT2D eigenvalue weighted by molar-refractivity contribution is 5.51. The number of hydrogen-bond donors (Lipinski definition) is 0. The minimum absolute atomic E-state index is 0.637. The maximum absolute atomic E-state index is 3.54. The highest BCUT2D eigenvalue weighted by Crippen LogP contribution is 2.12. The largest absolute Gasteiger partial charge is 0.287 e. The fraction of sp³-hybridized carbons (Fsp3) is 0.214. The monoisotopic (exact) mass is 780 g/mol. The smallest absolute Gasteiger partial charge is 0.0608 e. The minimum atomic E-state index is 0.637. The Morgan fingerprint density at radius 1 is 0.267 bits per heavy atom. The van der Waals surface area contributed by atoms with Gasteiger partial charge in [-0.1, -0.05) is 193 Å². The van der Waals surface area contributed by atoms with Gasteiger partial charge in [-0.3, -0.25) is 19.6 Å². The van der Waals surface area contributed by atoms with Crippen molar-refractivity contribution in [1.82, 2.24) is 19.6 Å². The van der Waals surface area contributed by atoms with Crippen molar-refractivity contribution in [2.75, 3.05) is 52.4 Å². The van der Waals surface area contributed by atoms with Crippen molar-refractivity contribution in [1.29, 1.82) is 0 Å². The molecular formula is C56H52N4. The van der Waals surface area contributed by atoms with Crippen LogP contribution in [-0.2, 0) is 26.2 Å². The Morgan fingerprint density at radius 2 is 0.467 bits per heavy atom. The summed E-state index contributed by atoms with van der Waals surface area (Å²) in [6.45, 7) is 9.18. The van der Waals surface area contributed by atoms with Crippen molar-refractivity contribution >= 4 is 0 Å². The van der Waals surface area contributed by atoms with Gasteiger partial charge in [0.15, 0.2) is 0 Å². The molecule has 6 aromatic carbocycles. The van der Waals surface area contributed by atoms with Crippen LogP contribution in [0.4, 0.5) is 0 Å². The molecule has 7 rings (SSSR count). The zero-order valence-electron chi connectivity index (χ0n) is 34.4. The molecule has 0 amide bonds. The van der Waals surface area contributed by atoms with Gasteiger partial charge in [0.1, 0.15) is 0 Å². The quantitative estimate of drug-likeness (QED) is 0.143. The first-order valence-electron chi connectivity index (χ1n) is 20.9. The molecule has 0 aromatic heterocycles. The molecule has 60 heavy (non-hydrogen) atoms. The second-order valence-corrected chi connectivity index (χ2v) is 15.1. The number of fused-ring (bicyclic) bond motifs is 2. The summed E-state index contributed by atoms with van der Waals surface area (Å²) in [5, 5.41) is 0. The zero-order valence-corrected chi connectivity index (χ0v) is 34.4. The molecule has 0 saturated carbocycles. The SMILES string of the molecule is C1#Cc2ccccc2C#CCN(Cc2ccccc2)CCN(Cc2ccccc2)CC#Cc2ccccc2C#CCN(Cc2ccccc2)CCN(Cc2ccccc2)C1. The molecular weight excluding hydrogens is 729 g/mol. The van der Waals surface area contributed by atoms with Gasteiger partial charge in [-0.15, -0.1) is 0 Å². The molecule has 0 atom stereocenters. The lowest BCUT2D eigenvalue weighted by Crippen LogP contribution is -2.35. The van der Waals surface area contributed by atoms with Crippen LogP contribution in [0.25, 0.3) is 0 Å². The van der Waals surface area contributed by atoms with Crippen molar-refractivity contribution in [2.45, 2.75) is 26.2 Å². The lowest BCUT2D eigenvalue weighted by atomic mass is 10.1. The van der Waals surface area contributed by atoms with Crippen LogP contribution in [0, 0.1) is 47.4 Å². The van der Waals surface area contributed by atoms with Gasteiger partial charge in [0, 0.05) is 74.6 Å². The lowest BCUT2D eigenvalue weighted by Gasteiger charge is -2.26. The second kappa shape index (κ2) is 23.1. The van der Waals surface area contributed by atoms with Crippen molar-refractivity contribution < 1.29 is 0 Å². The van der Waals surface area contributed by atoms with Crippen LogP contribution < -0.4 is 0 Å². The van der Waals surface area contributed by atoms with Gasteiger partial charge >= 0.3 is 0 Å². The van der Waals surface area contributed by atoms with Crippen LogP contribution in [0.15, 0.2) is 170 Å². The second-order valence-electron chi connectivity index (χ2n) is 15.1. The third kappa shape index (κ3) is 13.8. The van der Waals surface area contributed by atoms with Crippen LogP contribution in [0.2, 0.25) is 0 Å². The standard InChI is InChI=1S/C56H52N4/c1-5-21-49(22-6-1)45-57-37-17-33-53-29-13-14-30-54(53)35-19-39-59(47-51-25-9-3-10-26-51)43-44-60(48-52-27-11-4-12-28-52)40-20-36-56-32-16-15-31-55(56)34-18-38-58(42-41-57)46-50-23-7-2-8-24-50/h1-16,21-32H,37-48H2. The van der Waals surface area contributed by atoms with Crippen LogP contribution in [0.1, 0.15) is 44.5 Å². The first-order chi connectivity index (χ1) is 29.7. The summed E-state index contributed by atoms with van der Waals surface area (Å²) in [4.78, 5) is 9.75. The Labute approximate surface area is 358 Å². The van der Waals surface area contributed by atoms with E-state index >= 15 is 0 Å². The molecule has 0 unspecified atom stereocenters. The Hall–Kier alpha value is -6.60. The summed E-state index contributed by atoms with van der Waals surface area (Å²) in [5.41, 5.74) is 8.93. The maximum atomic E-state index is 3.54. The summed E-state index contributed by atoms with van der Waals surface area (Å²) >= 11 is 0. The molecule has 0 spiro atoms. The van der Waals surface area contributed by atoms with Gasteiger partial charge in [0.25, 0.3) is 0 Å². The molecule has 0 fully saturated rings. The van der Waals surface area contributed by atoms with E-state index in [0.717, 1.165) is 74.6 Å². The van der Waals surface area contributed by atoms with Crippen molar-refractivity contribution in [3.05, 3.63) is 214 Å². The molecule has 296 valence electrons. The third-order valence-corrected chi connectivity index (χ3v) is 10.4. The van der Waals surface area contributed by atoms with Gasteiger partial charge in [0.05, 0.1) is 26.2 Å². The molecule has 4 nitrogen and oxygen atoms in total. The Kier molecular flexibility index (Phi) is 16.0. The van der Waals surface area contributed by atoms with Crippen molar-refractivity contribution in [2.24, 2.45) is 0 Å². The summed E-state index contributed by atoms with van der Waals surface area (Å²) < 4.78 is 0. The third-order valence-electron chi connectivity index (χ3n) is 10.4. The van der Waals surface area contributed by atoms with Gasteiger partial charge in [-0.2, -0.15) is 0 Å². The molecule has 1 aliphatic heterocycles. The fourth-order valence-electron chi connectivity index (χ4n) is 7.18. The van der Waals surface area contributed by atoms with E-state index in [0.29, 0.717) is 26.2 Å². The van der Waals surface area contributed by atoms with E-state index in [1.165, 1.54) is 22.3 Å². The first kappa shape index (κ1) is 41.6. The van der Waals surface area contributed by atoms with E-state index in [9.17, 15) is 0 Å². The topological polar surface area (TPSA) is 13.0 Å². The molecule has 1 heterocycles. The number of benzene rings is 6. The predicted octanol–water partition coefficient (Wildman–Crippen LogP) is 8.82. The van der Waals surface area contributed by atoms with E-state index in [1.807, 2.05) is 0 Å². The molecule has 0 radical (unpaired) electrons. The van der Waals surface area contributed by atoms with Gasteiger partial charge in [0.2, 0.25) is 0 Å². The molecule has 0 saturated heterocycles. The number of nitrogens with zero attached hydrogens (tertiary/aromatic N) is 4. The van der Waals surface area contributed by atoms with Crippen LogP contribution in [0.5, 0.6) is 0 Å². The average molecular weight is 781 g/mol.